The fraction of sp³-hybridized carbons (Fsp3) is 0.250. The molecule has 0 saturated carbocycles. The zero-order valence-electron chi connectivity index (χ0n) is 11.7. The lowest BCUT2D eigenvalue weighted by Crippen LogP contribution is -2.00. The average Bonchev–Trinajstić information content (AvgIpc) is 2.48. The van der Waals surface area contributed by atoms with Gasteiger partial charge in [-0.25, -0.2) is 0 Å². The smallest absolute Gasteiger partial charge is 0.133 e. The van der Waals surface area contributed by atoms with Gasteiger partial charge in [-0.1, -0.05) is 37.9 Å². The van der Waals surface area contributed by atoms with Crippen LogP contribution in [0.1, 0.15) is 22.9 Å². The summed E-state index contributed by atoms with van der Waals surface area (Å²) in [6.45, 7) is 2.62. The Bertz CT molecular complexity index is 629. The highest BCUT2D eigenvalue weighted by Gasteiger charge is 2.17. The maximum Gasteiger partial charge on any atom is 0.133 e. The van der Waals surface area contributed by atoms with Crippen LogP contribution in [0.3, 0.4) is 0 Å². The lowest BCUT2D eigenvalue weighted by Gasteiger charge is -2.17. The number of rotatable bonds is 5. The Kier molecular flexibility index (Phi) is 6.14. The van der Waals surface area contributed by atoms with E-state index in [1.54, 1.807) is 7.11 Å². The summed E-state index contributed by atoms with van der Waals surface area (Å²) in [6.07, 6.45) is 0. The number of hydrogen-bond acceptors (Lipinski definition) is 2. The molecule has 2 aromatic carbocycles. The predicted molar refractivity (Wildman–Crippen MR) is 96.8 cm³/mol. The molecule has 0 N–H and O–H groups in total. The van der Waals surface area contributed by atoms with Gasteiger partial charge in [0.2, 0.25) is 0 Å². The van der Waals surface area contributed by atoms with Crippen molar-refractivity contribution in [3.05, 3.63) is 56.5 Å². The minimum absolute atomic E-state index is 0.0405. The van der Waals surface area contributed by atoms with Crippen molar-refractivity contribution in [3.63, 3.8) is 0 Å². The molecule has 2 rings (SSSR count). The summed E-state index contributed by atoms with van der Waals surface area (Å²) < 4.78 is 13.0. The highest BCUT2D eigenvalue weighted by Crippen LogP contribution is 2.40. The Labute approximate surface area is 150 Å². The average molecular weight is 479 g/mol. The van der Waals surface area contributed by atoms with E-state index in [0.29, 0.717) is 6.61 Å². The van der Waals surface area contributed by atoms with Gasteiger partial charge in [0.05, 0.1) is 23.0 Å². The first-order chi connectivity index (χ1) is 10.1. The van der Waals surface area contributed by atoms with Crippen LogP contribution in [-0.4, -0.2) is 13.7 Å². The van der Waals surface area contributed by atoms with Crippen molar-refractivity contribution in [1.29, 1.82) is 0 Å². The molecule has 0 aliphatic carbocycles. The molecule has 0 aromatic heterocycles. The molecule has 0 aliphatic rings. The van der Waals surface area contributed by atoms with Crippen LogP contribution in [0.15, 0.2) is 45.3 Å². The quantitative estimate of drug-likeness (QED) is 0.483. The van der Waals surface area contributed by atoms with E-state index in [-0.39, 0.29) is 4.83 Å². The summed E-state index contributed by atoms with van der Waals surface area (Å²) in [7, 11) is 1.66. The molecule has 21 heavy (non-hydrogen) atoms. The molecule has 112 valence electrons. The van der Waals surface area contributed by atoms with Crippen molar-refractivity contribution in [3.8, 4) is 11.5 Å². The van der Waals surface area contributed by atoms with Gasteiger partial charge in [0, 0.05) is 10.0 Å². The minimum Gasteiger partial charge on any atom is -0.496 e. The third-order valence-electron chi connectivity index (χ3n) is 3.01. The van der Waals surface area contributed by atoms with Crippen molar-refractivity contribution < 1.29 is 9.47 Å². The predicted octanol–water partition coefficient (Wildman–Crippen LogP) is 6.10. The van der Waals surface area contributed by atoms with Crippen molar-refractivity contribution in [2.24, 2.45) is 0 Å². The molecule has 0 fully saturated rings. The third-order valence-corrected chi connectivity index (χ3v) is 5.15. The standard InChI is InChI=1S/C16H15Br3O2/c1-3-21-14-7-5-11(17)9-12(14)16(19)10-4-6-15(20-2)13(18)8-10/h4-9,16H,3H2,1-2H3. The Balaban J connectivity index is 2.41. The largest absolute Gasteiger partial charge is 0.496 e. The lowest BCUT2D eigenvalue weighted by molar-refractivity contribution is 0.337. The van der Waals surface area contributed by atoms with Gasteiger partial charge >= 0.3 is 0 Å². The van der Waals surface area contributed by atoms with Crippen LogP contribution in [0.25, 0.3) is 0 Å². The van der Waals surface area contributed by atoms with Gasteiger partial charge in [-0.3, -0.25) is 0 Å². The van der Waals surface area contributed by atoms with Gasteiger partial charge in [-0.2, -0.15) is 0 Å². The van der Waals surface area contributed by atoms with Crippen LogP contribution in [0.4, 0.5) is 0 Å². The highest BCUT2D eigenvalue weighted by molar-refractivity contribution is 9.11. The number of halogens is 3. The first kappa shape index (κ1) is 16.8. The van der Waals surface area contributed by atoms with Crippen LogP contribution in [0.2, 0.25) is 0 Å². The highest BCUT2D eigenvalue weighted by atomic mass is 79.9. The van der Waals surface area contributed by atoms with Crippen molar-refractivity contribution >= 4 is 47.8 Å². The minimum atomic E-state index is 0.0405. The summed E-state index contributed by atoms with van der Waals surface area (Å²) in [5, 5.41) is 0. The van der Waals surface area contributed by atoms with Crippen molar-refractivity contribution in [1.82, 2.24) is 0 Å². The number of methoxy groups -OCH3 is 1. The van der Waals surface area contributed by atoms with Crippen LogP contribution in [-0.2, 0) is 0 Å². The SMILES string of the molecule is CCOc1ccc(Br)cc1C(Br)c1ccc(OC)c(Br)c1. The Morgan fingerprint density at radius 2 is 1.76 bits per heavy atom. The molecule has 5 heteroatoms. The number of hydrogen-bond donors (Lipinski definition) is 0. The van der Waals surface area contributed by atoms with Gasteiger partial charge in [0.1, 0.15) is 11.5 Å². The van der Waals surface area contributed by atoms with Crippen LogP contribution >= 0.6 is 47.8 Å². The third kappa shape index (κ3) is 4.02. The second-order valence-corrected chi connectivity index (χ2v) is 7.06. The van der Waals surface area contributed by atoms with Gasteiger partial charge in [0.15, 0.2) is 0 Å². The van der Waals surface area contributed by atoms with Crippen LogP contribution in [0, 0.1) is 0 Å². The summed E-state index contributed by atoms with van der Waals surface area (Å²) in [4.78, 5) is 0.0405. The second-order valence-electron chi connectivity index (χ2n) is 4.37. The Hall–Kier alpha value is -0.520. The number of alkyl halides is 1. The van der Waals surface area contributed by atoms with E-state index in [1.807, 2.05) is 31.2 Å². The van der Waals surface area contributed by atoms with Gasteiger partial charge in [-0.05, 0) is 58.7 Å². The normalized spacial score (nSPS) is 12.0. The van der Waals surface area contributed by atoms with E-state index in [2.05, 4.69) is 59.9 Å². The first-order valence-electron chi connectivity index (χ1n) is 6.46. The van der Waals surface area contributed by atoms with E-state index >= 15 is 0 Å². The van der Waals surface area contributed by atoms with Crippen molar-refractivity contribution in [2.45, 2.75) is 11.8 Å². The second kappa shape index (κ2) is 7.65. The zero-order valence-corrected chi connectivity index (χ0v) is 16.5. The summed E-state index contributed by atoms with van der Waals surface area (Å²) in [5.74, 6) is 1.70. The number of ether oxygens (including phenoxy) is 2. The molecule has 0 bridgehead atoms. The molecular weight excluding hydrogens is 464 g/mol. The Morgan fingerprint density at radius 1 is 1.05 bits per heavy atom. The molecule has 0 amide bonds. The van der Waals surface area contributed by atoms with Crippen LogP contribution < -0.4 is 9.47 Å². The molecule has 0 spiro atoms. The molecule has 0 saturated heterocycles. The van der Waals surface area contributed by atoms with E-state index in [9.17, 15) is 0 Å². The lowest BCUT2D eigenvalue weighted by atomic mass is 10.0. The molecule has 1 unspecified atom stereocenters. The van der Waals surface area contributed by atoms with Crippen LogP contribution in [0.5, 0.6) is 11.5 Å². The Morgan fingerprint density at radius 3 is 2.38 bits per heavy atom. The molecule has 2 aromatic rings. The van der Waals surface area contributed by atoms with E-state index in [0.717, 1.165) is 31.6 Å². The van der Waals surface area contributed by atoms with E-state index in [1.165, 1.54) is 0 Å². The monoisotopic (exact) mass is 476 g/mol. The summed E-state index contributed by atoms with van der Waals surface area (Å²) in [6, 6.07) is 12.1. The first-order valence-corrected chi connectivity index (χ1v) is 8.96. The zero-order chi connectivity index (χ0) is 15.4. The van der Waals surface area contributed by atoms with E-state index in [4.69, 9.17) is 9.47 Å². The summed E-state index contributed by atoms with van der Waals surface area (Å²) in [5.41, 5.74) is 2.21. The summed E-state index contributed by atoms with van der Waals surface area (Å²) >= 11 is 10.8. The molecular formula is C16H15Br3O2. The molecule has 0 aliphatic heterocycles. The molecule has 1 atom stereocenters. The topological polar surface area (TPSA) is 18.5 Å². The molecule has 0 radical (unpaired) electrons. The fourth-order valence-electron chi connectivity index (χ4n) is 2.02. The van der Waals surface area contributed by atoms with Gasteiger partial charge in [0.25, 0.3) is 0 Å². The molecule has 2 nitrogen and oxygen atoms in total. The molecule has 0 heterocycles. The van der Waals surface area contributed by atoms with E-state index < -0.39 is 0 Å². The van der Waals surface area contributed by atoms with Gasteiger partial charge in [-0.15, -0.1) is 0 Å². The maximum absolute atomic E-state index is 5.72. The number of benzene rings is 2. The fourth-order valence-corrected chi connectivity index (χ4v) is 3.60. The van der Waals surface area contributed by atoms with Crippen molar-refractivity contribution in [2.75, 3.05) is 13.7 Å². The maximum atomic E-state index is 5.72. The van der Waals surface area contributed by atoms with Gasteiger partial charge < -0.3 is 9.47 Å².